The molecule has 0 amide bonds. The van der Waals surface area contributed by atoms with Gasteiger partial charge in [-0.2, -0.15) is 0 Å². The van der Waals surface area contributed by atoms with Gasteiger partial charge in [0.1, 0.15) is 0 Å². The summed E-state index contributed by atoms with van der Waals surface area (Å²) in [6.07, 6.45) is 3.44. The van der Waals surface area contributed by atoms with Crippen molar-refractivity contribution in [2.45, 2.75) is 46.1 Å². The number of rotatable bonds is 7. The summed E-state index contributed by atoms with van der Waals surface area (Å²) in [7, 11) is 0. The molecule has 0 aromatic rings. The SMILES string of the molecule is CCCNC(CO)C(CC)CC. The molecule has 0 aromatic carbocycles. The van der Waals surface area contributed by atoms with E-state index in [0.717, 1.165) is 25.8 Å². The summed E-state index contributed by atoms with van der Waals surface area (Å²) in [6.45, 7) is 7.80. The van der Waals surface area contributed by atoms with Crippen molar-refractivity contribution in [1.82, 2.24) is 5.32 Å². The molecule has 2 heteroatoms. The van der Waals surface area contributed by atoms with Gasteiger partial charge in [-0.15, -0.1) is 0 Å². The van der Waals surface area contributed by atoms with Gasteiger partial charge in [0.25, 0.3) is 0 Å². The second kappa shape index (κ2) is 7.56. The molecule has 0 spiro atoms. The van der Waals surface area contributed by atoms with Gasteiger partial charge in [0.05, 0.1) is 6.61 Å². The van der Waals surface area contributed by atoms with E-state index in [1.807, 2.05) is 0 Å². The van der Waals surface area contributed by atoms with E-state index in [-0.39, 0.29) is 6.61 Å². The number of nitrogens with one attached hydrogen (secondary N) is 1. The fourth-order valence-electron chi connectivity index (χ4n) is 1.57. The Morgan fingerprint density at radius 3 is 2.08 bits per heavy atom. The maximum atomic E-state index is 9.12. The van der Waals surface area contributed by atoms with Crippen molar-refractivity contribution >= 4 is 0 Å². The van der Waals surface area contributed by atoms with Crippen molar-refractivity contribution in [2.75, 3.05) is 13.2 Å². The van der Waals surface area contributed by atoms with Gasteiger partial charge in [0, 0.05) is 6.04 Å². The molecule has 0 saturated heterocycles. The Hall–Kier alpha value is -0.0800. The van der Waals surface area contributed by atoms with Crippen LogP contribution in [0.1, 0.15) is 40.0 Å². The van der Waals surface area contributed by atoms with Gasteiger partial charge in [0.2, 0.25) is 0 Å². The molecule has 2 N–H and O–H groups in total. The Morgan fingerprint density at radius 2 is 1.75 bits per heavy atom. The lowest BCUT2D eigenvalue weighted by Crippen LogP contribution is -2.39. The van der Waals surface area contributed by atoms with Crippen LogP contribution in [0.4, 0.5) is 0 Å². The second-order valence-electron chi connectivity index (χ2n) is 3.32. The molecule has 0 aromatic heterocycles. The molecule has 0 heterocycles. The normalized spacial score (nSPS) is 13.8. The minimum absolute atomic E-state index is 0.270. The Kier molecular flexibility index (Phi) is 7.51. The zero-order valence-corrected chi connectivity index (χ0v) is 8.64. The number of hydrogen-bond acceptors (Lipinski definition) is 2. The molecule has 12 heavy (non-hydrogen) atoms. The van der Waals surface area contributed by atoms with Crippen molar-refractivity contribution in [1.29, 1.82) is 0 Å². The first kappa shape index (κ1) is 11.9. The molecule has 0 aliphatic heterocycles. The molecule has 1 unspecified atom stereocenters. The monoisotopic (exact) mass is 173 g/mol. The van der Waals surface area contributed by atoms with Crippen molar-refractivity contribution in [3.8, 4) is 0 Å². The Morgan fingerprint density at radius 1 is 1.17 bits per heavy atom. The summed E-state index contributed by atoms with van der Waals surface area (Å²) in [5.74, 6) is 0.626. The third kappa shape index (κ3) is 4.07. The summed E-state index contributed by atoms with van der Waals surface area (Å²) < 4.78 is 0. The van der Waals surface area contributed by atoms with Gasteiger partial charge in [-0.25, -0.2) is 0 Å². The average molecular weight is 173 g/mol. The molecule has 0 fully saturated rings. The van der Waals surface area contributed by atoms with Gasteiger partial charge < -0.3 is 10.4 Å². The Labute approximate surface area is 76.4 Å². The number of aliphatic hydroxyl groups excluding tert-OH is 1. The first-order chi connectivity index (χ1) is 5.79. The number of hydrogen-bond donors (Lipinski definition) is 2. The van der Waals surface area contributed by atoms with Crippen LogP contribution < -0.4 is 5.32 Å². The van der Waals surface area contributed by atoms with E-state index < -0.39 is 0 Å². The summed E-state index contributed by atoms with van der Waals surface area (Å²) in [5, 5.41) is 12.5. The molecular weight excluding hydrogens is 150 g/mol. The lowest BCUT2D eigenvalue weighted by Gasteiger charge is -2.24. The highest BCUT2D eigenvalue weighted by molar-refractivity contribution is 4.73. The predicted molar refractivity (Wildman–Crippen MR) is 53.2 cm³/mol. The molecule has 0 radical (unpaired) electrons. The van der Waals surface area contributed by atoms with Crippen LogP contribution in [0.3, 0.4) is 0 Å². The molecule has 0 aliphatic rings. The van der Waals surface area contributed by atoms with Crippen LogP contribution in [0.15, 0.2) is 0 Å². The van der Waals surface area contributed by atoms with Crippen LogP contribution in [0.25, 0.3) is 0 Å². The van der Waals surface area contributed by atoms with Crippen molar-refractivity contribution in [3.05, 3.63) is 0 Å². The lowest BCUT2D eigenvalue weighted by atomic mass is 9.95. The summed E-state index contributed by atoms with van der Waals surface area (Å²) >= 11 is 0. The first-order valence-corrected chi connectivity index (χ1v) is 5.14. The van der Waals surface area contributed by atoms with Crippen LogP contribution in [0.2, 0.25) is 0 Å². The zero-order chi connectivity index (χ0) is 9.40. The molecule has 1 atom stereocenters. The minimum atomic E-state index is 0.270. The molecule has 74 valence electrons. The molecule has 0 aliphatic carbocycles. The first-order valence-electron chi connectivity index (χ1n) is 5.14. The molecule has 2 nitrogen and oxygen atoms in total. The topological polar surface area (TPSA) is 32.3 Å². The fraction of sp³-hybridized carbons (Fsp3) is 1.00. The highest BCUT2D eigenvalue weighted by Crippen LogP contribution is 2.12. The summed E-state index contributed by atoms with van der Waals surface area (Å²) in [4.78, 5) is 0. The number of aliphatic hydroxyl groups is 1. The largest absolute Gasteiger partial charge is 0.395 e. The van der Waals surface area contributed by atoms with E-state index in [1.54, 1.807) is 0 Å². The standard InChI is InChI=1S/C10H23NO/c1-4-7-11-10(8-12)9(5-2)6-3/h9-12H,4-8H2,1-3H3. The third-order valence-corrected chi connectivity index (χ3v) is 2.47. The molecule has 0 saturated carbocycles. The molecule has 0 rings (SSSR count). The van der Waals surface area contributed by atoms with E-state index in [9.17, 15) is 0 Å². The van der Waals surface area contributed by atoms with Crippen LogP contribution in [-0.4, -0.2) is 24.3 Å². The average Bonchev–Trinajstić information content (AvgIpc) is 2.12. The van der Waals surface area contributed by atoms with E-state index in [1.165, 1.54) is 0 Å². The second-order valence-corrected chi connectivity index (χ2v) is 3.32. The van der Waals surface area contributed by atoms with Crippen molar-refractivity contribution in [3.63, 3.8) is 0 Å². The van der Waals surface area contributed by atoms with E-state index in [4.69, 9.17) is 5.11 Å². The quantitative estimate of drug-likeness (QED) is 0.615. The zero-order valence-electron chi connectivity index (χ0n) is 8.64. The van der Waals surface area contributed by atoms with E-state index in [0.29, 0.717) is 12.0 Å². The highest BCUT2D eigenvalue weighted by Gasteiger charge is 2.15. The molecular formula is C10H23NO. The van der Waals surface area contributed by atoms with E-state index >= 15 is 0 Å². The maximum absolute atomic E-state index is 9.12. The summed E-state index contributed by atoms with van der Waals surface area (Å²) in [5.41, 5.74) is 0. The van der Waals surface area contributed by atoms with Gasteiger partial charge in [0.15, 0.2) is 0 Å². The van der Waals surface area contributed by atoms with Crippen molar-refractivity contribution in [2.24, 2.45) is 5.92 Å². The van der Waals surface area contributed by atoms with Gasteiger partial charge >= 0.3 is 0 Å². The Balaban J connectivity index is 3.75. The molecule has 0 bridgehead atoms. The van der Waals surface area contributed by atoms with Crippen LogP contribution >= 0.6 is 0 Å². The minimum Gasteiger partial charge on any atom is -0.395 e. The van der Waals surface area contributed by atoms with Gasteiger partial charge in [-0.1, -0.05) is 33.6 Å². The van der Waals surface area contributed by atoms with Crippen LogP contribution in [0.5, 0.6) is 0 Å². The predicted octanol–water partition coefficient (Wildman–Crippen LogP) is 1.78. The lowest BCUT2D eigenvalue weighted by molar-refractivity contribution is 0.192. The van der Waals surface area contributed by atoms with Crippen LogP contribution in [0, 0.1) is 5.92 Å². The summed E-state index contributed by atoms with van der Waals surface area (Å²) in [6, 6.07) is 0.306. The van der Waals surface area contributed by atoms with Crippen LogP contribution in [-0.2, 0) is 0 Å². The Bertz CT molecular complexity index is 91.8. The third-order valence-electron chi connectivity index (χ3n) is 2.47. The smallest absolute Gasteiger partial charge is 0.0587 e. The fourth-order valence-corrected chi connectivity index (χ4v) is 1.57. The highest BCUT2D eigenvalue weighted by atomic mass is 16.3. The maximum Gasteiger partial charge on any atom is 0.0587 e. The van der Waals surface area contributed by atoms with Crippen molar-refractivity contribution < 1.29 is 5.11 Å². The van der Waals surface area contributed by atoms with Gasteiger partial charge in [-0.3, -0.25) is 0 Å². The van der Waals surface area contributed by atoms with Gasteiger partial charge in [-0.05, 0) is 18.9 Å². The van der Waals surface area contributed by atoms with E-state index in [2.05, 4.69) is 26.1 Å².